The van der Waals surface area contributed by atoms with Crippen molar-refractivity contribution in [1.29, 1.82) is 0 Å². The Balaban J connectivity index is 1.47. The van der Waals surface area contributed by atoms with Crippen LogP contribution in [0.3, 0.4) is 0 Å². The molecule has 0 radical (unpaired) electrons. The van der Waals surface area contributed by atoms with Crippen LogP contribution in [0, 0.1) is 13.8 Å². The summed E-state index contributed by atoms with van der Waals surface area (Å²) in [5.74, 6) is -0.418. The minimum Gasteiger partial charge on any atom is -0.406 e. The number of nitrogens with zero attached hydrogens (tertiary/aromatic N) is 4. The first kappa shape index (κ1) is 24.5. The van der Waals surface area contributed by atoms with Crippen molar-refractivity contribution in [2.45, 2.75) is 58.0 Å². The summed E-state index contributed by atoms with van der Waals surface area (Å²) in [6.07, 6.45) is -0.622. The maximum absolute atomic E-state index is 13.4. The van der Waals surface area contributed by atoms with Gasteiger partial charge in [0.05, 0.1) is 29.2 Å². The fourth-order valence-electron chi connectivity index (χ4n) is 5.28. The number of amides is 1. The molecular formula is C24H31F3N4O3. The molecule has 2 aliphatic heterocycles. The lowest BCUT2D eigenvalue weighted by molar-refractivity contribution is -0.274. The fourth-order valence-corrected chi connectivity index (χ4v) is 5.28. The van der Waals surface area contributed by atoms with Crippen molar-refractivity contribution in [3.8, 4) is 11.4 Å². The lowest BCUT2D eigenvalue weighted by Crippen LogP contribution is -2.49. The quantitative estimate of drug-likeness (QED) is 0.623. The van der Waals surface area contributed by atoms with Crippen LogP contribution in [0.15, 0.2) is 24.3 Å². The highest BCUT2D eigenvalue weighted by Crippen LogP contribution is 2.29. The molecule has 1 atom stereocenters. The molecule has 3 heterocycles. The highest BCUT2D eigenvalue weighted by molar-refractivity contribution is 5.96. The normalized spacial score (nSPS) is 20.2. The van der Waals surface area contributed by atoms with Gasteiger partial charge in [-0.15, -0.1) is 13.2 Å². The molecule has 34 heavy (non-hydrogen) atoms. The molecule has 4 rings (SSSR count). The van der Waals surface area contributed by atoms with Crippen molar-refractivity contribution in [3.63, 3.8) is 0 Å². The van der Waals surface area contributed by atoms with E-state index in [2.05, 4.69) is 14.7 Å². The summed E-state index contributed by atoms with van der Waals surface area (Å²) in [5, 5.41) is 4.45. The second-order valence-electron chi connectivity index (χ2n) is 9.02. The number of alkyl halides is 3. The van der Waals surface area contributed by atoms with Crippen LogP contribution >= 0.6 is 0 Å². The average molecular weight is 481 g/mol. The Morgan fingerprint density at radius 2 is 1.88 bits per heavy atom. The summed E-state index contributed by atoms with van der Waals surface area (Å²) in [6.45, 7) is 6.66. The van der Waals surface area contributed by atoms with E-state index < -0.39 is 6.36 Å². The van der Waals surface area contributed by atoms with Gasteiger partial charge in [0.2, 0.25) is 0 Å². The van der Waals surface area contributed by atoms with Gasteiger partial charge in [0, 0.05) is 38.3 Å². The van der Waals surface area contributed by atoms with Gasteiger partial charge in [0.25, 0.3) is 5.91 Å². The smallest absolute Gasteiger partial charge is 0.406 e. The van der Waals surface area contributed by atoms with E-state index >= 15 is 0 Å². The molecule has 1 amide bonds. The van der Waals surface area contributed by atoms with Crippen molar-refractivity contribution in [1.82, 2.24) is 19.6 Å². The number of piperidine rings is 1. The number of methoxy groups -OCH3 is 1. The maximum atomic E-state index is 13.4. The van der Waals surface area contributed by atoms with Gasteiger partial charge in [-0.3, -0.25) is 9.69 Å². The molecule has 0 saturated carbocycles. The third-order valence-corrected chi connectivity index (χ3v) is 6.80. The summed E-state index contributed by atoms with van der Waals surface area (Å²) in [6, 6.07) is 6.50. The molecule has 0 spiro atoms. The van der Waals surface area contributed by atoms with Crippen LogP contribution in [0.2, 0.25) is 0 Å². The van der Waals surface area contributed by atoms with Gasteiger partial charge in [0.1, 0.15) is 5.75 Å². The van der Waals surface area contributed by atoms with Gasteiger partial charge in [-0.1, -0.05) is 6.07 Å². The Labute approximate surface area is 197 Å². The number of hydrogen-bond acceptors (Lipinski definition) is 5. The Bertz CT molecular complexity index is 1020. The largest absolute Gasteiger partial charge is 0.573 e. The van der Waals surface area contributed by atoms with E-state index in [0.29, 0.717) is 47.8 Å². The van der Waals surface area contributed by atoms with Crippen LogP contribution in [-0.2, 0) is 4.74 Å². The van der Waals surface area contributed by atoms with E-state index in [-0.39, 0.29) is 11.7 Å². The standard InChI is InChI=1S/C24H31F3N4O3/c1-16-22(17(2)31(28-16)19-6-4-8-21(14-19)34-24(25,26)27)23(32)29-12-9-18(10-13-29)30-11-5-7-20(30)15-33-3/h4,6,8,14,18,20H,5,7,9-13,15H2,1-3H3. The first-order valence-corrected chi connectivity index (χ1v) is 11.6. The zero-order valence-electron chi connectivity index (χ0n) is 19.8. The summed E-state index contributed by atoms with van der Waals surface area (Å²) in [4.78, 5) is 17.8. The second-order valence-corrected chi connectivity index (χ2v) is 9.02. The highest BCUT2D eigenvalue weighted by atomic mass is 19.4. The lowest BCUT2D eigenvalue weighted by Gasteiger charge is -2.39. The zero-order chi connectivity index (χ0) is 24.5. The van der Waals surface area contributed by atoms with Gasteiger partial charge in [-0.05, 0) is 58.2 Å². The van der Waals surface area contributed by atoms with E-state index in [1.165, 1.54) is 29.3 Å². The average Bonchev–Trinajstić information content (AvgIpc) is 3.36. The zero-order valence-corrected chi connectivity index (χ0v) is 19.8. The molecule has 2 aliphatic rings. The Morgan fingerprint density at radius 1 is 1.15 bits per heavy atom. The molecule has 186 valence electrons. The van der Waals surface area contributed by atoms with Gasteiger partial charge < -0.3 is 14.4 Å². The van der Waals surface area contributed by atoms with Crippen LogP contribution in [0.25, 0.3) is 5.69 Å². The predicted molar refractivity (Wildman–Crippen MR) is 120 cm³/mol. The summed E-state index contributed by atoms with van der Waals surface area (Å²) in [7, 11) is 1.74. The third-order valence-electron chi connectivity index (χ3n) is 6.80. The minimum atomic E-state index is -4.78. The van der Waals surface area contributed by atoms with Crippen molar-refractivity contribution >= 4 is 5.91 Å². The van der Waals surface area contributed by atoms with E-state index in [0.717, 1.165) is 32.4 Å². The van der Waals surface area contributed by atoms with E-state index in [9.17, 15) is 18.0 Å². The molecule has 2 fully saturated rings. The number of aromatic nitrogens is 2. The second kappa shape index (κ2) is 9.95. The van der Waals surface area contributed by atoms with Crippen molar-refractivity contribution in [3.05, 3.63) is 41.2 Å². The first-order chi connectivity index (χ1) is 16.2. The number of carbonyl (C=O) groups excluding carboxylic acids is 1. The van der Waals surface area contributed by atoms with Gasteiger partial charge in [-0.25, -0.2) is 4.68 Å². The topological polar surface area (TPSA) is 59.8 Å². The number of hydrogen-bond donors (Lipinski definition) is 0. The first-order valence-electron chi connectivity index (χ1n) is 11.6. The Morgan fingerprint density at radius 3 is 2.56 bits per heavy atom. The molecule has 10 heteroatoms. The fraction of sp³-hybridized carbons (Fsp3) is 0.583. The highest BCUT2D eigenvalue weighted by Gasteiger charge is 2.35. The number of carbonyl (C=O) groups is 1. The molecule has 1 unspecified atom stereocenters. The molecular weight excluding hydrogens is 449 g/mol. The van der Waals surface area contributed by atoms with Gasteiger partial charge >= 0.3 is 6.36 Å². The number of aryl methyl sites for hydroxylation is 1. The van der Waals surface area contributed by atoms with Crippen molar-refractivity contribution in [2.24, 2.45) is 0 Å². The summed E-state index contributed by atoms with van der Waals surface area (Å²) < 4.78 is 48.8. The Kier molecular flexibility index (Phi) is 7.18. The third kappa shape index (κ3) is 5.22. The van der Waals surface area contributed by atoms with Crippen LogP contribution in [0.1, 0.15) is 47.4 Å². The van der Waals surface area contributed by atoms with Crippen molar-refractivity contribution < 1.29 is 27.4 Å². The lowest BCUT2D eigenvalue weighted by atomic mass is 10.0. The van der Waals surface area contributed by atoms with Crippen LogP contribution in [-0.4, -0.2) is 77.3 Å². The molecule has 1 aromatic heterocycles. The van der Waals surface area contributed by atoms with E-state index in [4.69, 9.17) is 4.74 Å². The van der Waals surface area contributed by atoms with Crippen LogP contribution < -0.4 is 4.74 Å². The van der Waals surface area contributed by atoms with Gasteiger partial charge in [0.15, 0.2) is 0 Å². The number of likely N-dealkylation sites (tertiary alicyclic amines) is 2. The minimum absolute atomic E-state index is 0.0859. The molecule has 0 N–H and O–H groups in total. The SMILES string of the molecule is COCC1CCCN1C1CCN(C(=O)c2c(C)nn(-c3cccc(OC(F)(F)F)c3)c2C)CC1. The Hall–Kier alpha value is -2.59. The van der Waals surface area contributed by atoms with Crippen LogP contribution in [0.5, 0.6) is 5.75 Å². The van der Waals surface area contributed by atoms with E-state index in [1.807, 2.05) is 4.90 Å². The monoisotopic (exact) mass is 480 g/mol. The number of halogens is 3. The number of benzene rings is 1. The number of ether oxygens (including phenoxy) is 2. The summed E-state index contributed by atoms with van der Waals surface area (Å²) >= 11 is 0. The number of rotatable bonds is 6. The molecule has 0 aliphatic carbocycles. The van der Waals surface area contributed by atoms with Gasteiger partial charge in [-0.2, -0.15) is 5.10 Å². The molecule has 0 bridgehead atoms. The van der Waals surface area contributed by atoms with E-state index in [1.54, 1.807) is 27.0 Å². The maximum Gasteiger partial charge on any atom is 0.573 e. The predicted octanol–water partition coefficient (Wildman–Crippen LogP) is 4.10. The molecule has 2 aromatic rings. The summed E-state index contributed by atoms with van der Waals surface area (Å²) in [5.41, 5.74) is 2.04. The van der Waals surface area contributed by atoms with Crippen molar-refractivity contribution in [2.75, 3.05) is 33.4 Å². The van der Waals surface area contributed by atoms with Crippen LogP contribution in [0.4, 0.5) is 13.2 Å². The molecule has 7 nitrogen and oxygen atoms in total. The molecule has 1 aromatic carbocycles. The molecule has 2 saturated heterocycles.